The maximum atomic E-state index is 12.5. The molecule has 0 saturated carbocycles. The molecule has 1 unspecified atom stereocenters. The van der Waals surface area contributed by atoms with Gasteiger partial charge in [0.15, 0.2) is 12.7 Å². The van der Waals surface area contributed by atoms with Gasteiger partial charge in [-0.05, 0) is 42.6 Å². The zero-order valence-corrected chi connectivity index (χ0v) is 15.7. The number of carbonyl (C=O) groups is 2. The van der Waals surface area contributed by atoms with Crippen LogP contribution in [0.25, 0.3) is 0 Å². The Balaban J connectivity index is 1.98. The second-order valence-corrected chi connectivity index (χ2v) is 8.37. The number of hydrogen-bond acceptors (Lipinski definition) is 7. The molecule has 26 heavy (non-hydrogen) atoms. The number of primary amides is 1. The van der Waals surface area contributed by atoms with Crippen LogP contribution in [0.5, 0.6) is 5.75 Å². The van der Waals surface area contributed by atoms with E-state index in [0.29, 0.717) is 11.4 Å². The van der Waals surface area contributed by atoms with Crippen molar-refractivity contribution in [3.63, 3.8) is 0 Å². The van der Waals surface area contributed by atoms with Crippen molar-refractivity contribution in [3.8, 4) is 5.75 Å². The molecule has 2 N–H and O–H groups in total. The normalized spacial score (nSPS) is 12.2. The Labute approximate surface area is 155 Å². The maximum Gasteiger partial charge on any atom is 0.344 e. The van der Waals surface area contributed by atoms with E-state index in [2.05, 4.69) is 0 Å². The summed E-state index contributed by atoms with van der Waals surface area (Å²) in [6.45, 7) is 0.958. The molecule has 0 saturated heterocycles. The highest BCUT2D eigenvalue weighted by Gasteiger charge is 2.22. The van der Waals surface area contributed by atoms with Gasteiger partial charge in [-0.1, -0.05) is 6.07 Å². The van der Waals surface area contributed by atoms with Crippen molar-refractivity contribution in [2.24, 2.45) is 5.73 Å². The number of ether oxygens (including phenoxy) is 2. The Morgan fingerprint density at radius 2 is 1.88 bits per heavy atom. The van der Waals surface area contributed by atoms with Gasteiger partial charge in [0.2, 0.25) is 0 Å². The van der Waals surface area contributed by atoms with Gasteiger partial charge >= 0.3 is 5.97 Å². The fraction of sp³-hybridized carbons (Fsp3) is 0.250. The van der Waals surface area contributed by atoms with Gasteiger partial charge in [0.1, 0.15) is 9.96 Å². The molecule has 0 aliphatic carbocycles. The van der Waals surface area contributed by atoms with Crippen molar-refractivity contribution in [2.75, 3.05) is 18.0 Å². The minimum Gasteiger partial charge on any atom is -0.482 e. The molecule has 140 valence electrons. The average Bonchev–Trinajstić information content (AvgIpc) is 3.15. The number of sulfonamides is 1. The van der Waals surface area contributed by atoms with E-state index in [1.165, 1.54) is 32.2 Å². The number of amides is 1. The minimum absolute atomic E-state index is 0.242. The lowest BCUT2D eigenvalue weighted by atomic mass is 10.3. The van der Waals surface area contributed by atoms with Gasteiger partial charge in [-0.3, -0.25) is 9.10 Å². The molecule has 1 amide bonds. The number of rotatable bonds is 8. The molecule has 0 radical (unpaired) electrons. The monoisotopic (exact) mass is 398 g/mol. The quantitative estimate of drug-likeness (QED) is 0.672. The van der Waals surface area contributed by atoms with E-state index < -0.39 is 34.6 Å². The molecule has 2 rings (SSSR count). The summed E-state index contributed by atoms with van der Waals surface area (Å²) in [6, 6.07) is 9.37. The van der Waals surface area contributed by atoms with E-state index in [-0.39, 0.29) is 4.21 Å². The van der Waals surface area contributed by atoms with Crippen molar-refractivity contribution >= 4 is 38.9 Å². The smallest absolute Gasteiger partial charge is 0.344 e. The summed E-state index contributed by atoms with van der Waals surface area (Å²) in [5.74, 6) is -1.14. The van der Waals surface area contributed by atoms with Crippen molar-refractivity contribution in [1.29, 1.82) is 0 Å². The first-order chi connectivity index (χ1) is 12.2. The topological polar surface area (TPSA) is 116 Å². The van der Waals surface area contributed by atoms with Crippen LogP contribution in [-0.4, -0.2) is 40.1 Å². The third kappa shape index (κ3) is 4.73. The first-order valence-electron chi connectivity index (χ1n) is 7.46. The molecule has 1 aromatic heterocycles. The first kappa shape index (κ1) is 19.7. The largest absolute Gasteiger partial charge is 0.482 e. The molecule has 0 aliphatic heterocycles. The highest BCUT2D eigenvalue weighted by Crippen LogP contribution is 2.26. The lowest BCUT2D eigenvalue weighted by Crippen LogP contribution is -2.32. The third-order valence-electron chi connectivity index (χ3n) is 3.38. The van der Waals surface area contributed by atoms with Crippen LogP contribution < -0.4 is 14.8 Å². The molecule has 0 aliphatic rings. The number of nitrogens with two attached hydrogens (primary N) is 1. The maximum absolute atomic E-state index is 12.5. The van der Waals surface area contributed by atoms with E-state index in [4.69, 9.17) is 15.2 Å². The van der Waals surface area contributed by atoms with Crippen LogP contribution in [-0.2, 0) is 24.3 Å². The number of esters is 1. The highest BCUT2D eigenvalue weighted by atomic mass is 32.2. The molecule has 8 nitrogen and oxygen atoms in total. The lowest BCUT2D eigenvalue weighted by Gasteiger charge is -2.18. The van der Waals surface area contributed by atoms with E-state index in [9.17, 15) is 18.0 Å². The molecule has 2 aromatic rings. The summed E-state index contributed by atoms with van der Waals surface area (Å²) < 4.78 is 36.3. The van der Waals surface area contributed by atoms with Crippen LogP contribution in [0.15, 0.2) is 46.0 Å². The zero-order valence-electron chi connectivity index (χ0n) is 14.1. The average molecular weight is 398 g/mol. The Kier molecular flexibility index (Phi) is 6.22. The molecule has 0 spiro atoms. The second kappa shape index (κ2) is 8.19. The summed E-state index contributed by atoms with van der Waals surface area (Å²) >= 11 is 1.14. The van der Waals surface area contributed by atoms with Crippen molar-refractivity contribution < 1.29 is 27.5 Å². The van der Waals surface area contributed by atoms with Crippen LogP contribution in [0.1, 0.15) is 6.92 Å². The number of nitrogens with zero attached hydrogens (tertiary/aromatic N) is 1. The van der Waals surface area contributed by atoms with Crippen LogP contribution in [0, 0.1) is 0 Å². The van der Waals surface area contributed by atoms with E-state index >= 15 is 0 Å². The summed E-state index contributed by atoms with van der Waals surface area (Å²) in [6.07, 6.45) is -1.04. The van der Waals surface area contributed by atoms with Gasteiger partial charge in [0, 0.05) is 7.05 Å². The van der Waals surface area contributed by atoms with E-state index in [0.717, 1.165) is 15.6 Å². The first-order valence-corrected chi connectivity index (χ1v) is 9.78. The predicted octanol–water partition coefficient (Wildman–Crippen LogP) is 1.37. The van der Waals surface area contributed by atoms with Crippen LogP contribution >= 0.6 is 11.3 Å². The van der Waals surface area contributed by atoms with Crippen molar-refractivity contribution in [1.82, 2.24) is 0 Å². The van der Waals surface area contributed by atoms with E-state index in [1.54, 1.807) is 23.6 Å². The molecule has 1 aromatic carbocycles. The molecular formula is C16H18N2O6S2. The Bertz CT molecular complexity index is 863. The fourth-order valence-electron chi connectivity index (χ4n) is 1.87. The Hall–Kier alpha value is -2.59. The number of hydrogen-bond donors (Lipinski definition) is 1. The van der Waals surface area contributed by atoms with Gasteiger partial charge in [0.05, 0.1) is 5.69 Å². The van der Waals surface area contributed by atoms with Gasteiger partial charge in [-0.15, -0.1) is 11.3 Å². The van der Waals surface area contributed by atoms with Crippen LogP contribution in [0.3, 0.4) is 0 Å². The summed E-state index contributed by atoms with van der Waals surface area (Å²) in [7, 11) is -2.16. The lowest BCUT2D eigenvalue weighted by molar-refractivity contribution is -0.155. The number of anilines is 1. The molecule has 0 bridgehead atoms. The SMILES string of the molecule is CC(OC(=O)COc1ccc(N(C)S(=O)(=O)c2cccs2)cc1)C(N)=O. The molecule has 1 atom stereocenters. The molecule has 1 heterocycles. The van der Waals surface area contributed by atoms with E-state index in [1.807, 2.05) is 0 Å². The van der Waals surface area contributed by atoms with Crippen molar-refractivity contribution in [2.45, 2.75) is 17.2 Å². The van der Waals surface area contributed by atoms with Gasteiger partial charge in [-0.2, -0.15) is 0 Å². The predicted molar refractivity (Wildman–Crippen MR) is 96.6 cm³/mol. The molecule has 10 heteroatoms. The van der Waals surface area contributed by atoms with Gasteiger partial charge in [-0.25, -0.2) is 13.2 Å². The molecular weight excluding hydrogens is 380 g/mol. The number of carbonyl (C=O) groups excluding carboxylic acids is 2. The minimum atomic E-state index is -3.62. The summed E-state index contributed by atoms with van der Waals surface area (Å²) in [5, 5.41) is 1.69. The number of thiophene rings is 1. The Morgan fingerprint density at radius 1 is 1.23 bits per heavy atom. The second-order valence-electron chi connectivity index (χ2n) is 5.22. The molecule has 0 fully saturated rings. The highest BCUT2D eigenvalue weighted by molar-refractivity contribution is 7.94. The van der Waals surface area contributed by atoms with Gasteiger partial charge < -0.3 is 15.2 Å². The number of benzene rings is 1. The zero-order chi connectivity index (χ0) is 19.3. The van der Waals surface area contributed by atoms with Crippen LogP contribution in [0.2, 0.25) is 0 Å². The summed E-state index contributed by atoms with van der Waals surface area (Å²) in [5.41, 5.74) is 5.44. The van der Waals surface area contributed by atoms with Gasteiger partial charge in [0.25, 0.3) is 15.9 Å². The fourth-order valence-corrected chi connectivity index (χ4v) is 4.22. The van der Waals surface area contributed by atoms with Crippen LogP contribution in [0.4, 0.5) is 5.69 Å². The standard InChI is InChI=1S/C16H18N2O6S2/c1-11(16(17)20)24-14(19)10-23-13-7-5-12(6-8-13)18(2)26(21,22)15-4-3-9-25-15/h3-9,11H,10H2,1-2H3,(H2,17,20). The third-order valence-corrected chi connectivity index (χ3v) is 6.53. The summed E-state index contributed by atoms with van der Waals surface area (Å²) in [4.78, 5) is 22.4. The van der Waals surface area contributed by atoms with Crippen molar-refractivity contribution in [3.05, 3.63) is 41.8 Å². The Morgan fingerprint density at radius 3 is 2.42 bits per heavy atom.